The molecule has 0 heterocycles. The number of aliphatic hydroxyl groups is 1. The molecule has 0 amide bonds. The Labute approximate surface area is 120 Å². The Morgan fingerprint density at radius 3 is 1.95 bits per heavy atom. The molecule has 0 aliphatic heterocycles. The molecule has 0 aromatic heterocycles. The standard InChI is InChI=1S/C15H25NO4/c1-15(2,3)13(16)8-10(17)9-6-11(19-4)14(18)12(7-9)20-5/h6-7,10,13,17-18H,8,16H2,1-5H3/t10-,13+/m0/s1. The average Bonchev–Trinajstić information content (AvgIpc) is 2.37. The highest BCUT2D eigenvalue weighted by molar-refractivity contribution is 5.53. The first kappa shape index (κ1) is 16.6. The lowest BCUT2D eigenvalue weighted by molar-refractivity contribution is 0.132. The van der Waals surface area contributed by atoms with Gasteiger partial charge in [0.2, 0.25) is 5.75 Å². The van der Waals surface area contributed by atoms with E-state index in [9.17, 15) is 10.2 Å². The lowest BCUT2D eigenvalue weighted by atomic mass is 9.83. The van der Waals surface area contributed by atoms with Crippen molar-refractivity contribution in [2.24, 2.45) is 11.1 Å². The monoisotopic (exact) mass is 283 g/mol. The number of phenolic OH excluding ortho intramolecular Hbond substituents is 1. The summed E-state index contributed by atoms with van der Waals surface area (Å²) in [5.74, 6) is 0.455. The summed E-state index contributed by atoms with van der Waals surface area (Å²) in [6.07, 6.45) is -0.326. The molecule has 0 radical (unpaired) electrons. The van der Waals surface area contributed by atoms with Crippen molar-refractivity contribution in [3.8, 4) is 17.2 Å². The molecule has 0 saturated carbocycles. The fourth-order valence-corrected chi connectivity index (χ4v) is 1.84. The minimum absolute atomic E-state index is 0.0777. The van der Waals surface area contributed by atoms with E-state index >= 15 is 0 Å². The van der Waals surface area contributed by atoms with Crippen molar-refractivity contribution in [2.45, 2.75) is 39.3 Å². The zero-order chi connectivity index (χ0) is 15.5. The molecule has 114 valence electrons. The van der Waals surface area contributed by atoms with E-state index in [0.717, 1.165) is 0 Å². The van der Waals surface area contributed by atoms with E-state index in [1.807, 2.05) is 20.8 Å². The normalized spacial score (nSPS) is 14.8. The third-order valence-electron chi connectivity index (χ3n) is 3.48. The van der Waals surface area contributed by atoms with Crippen LogP contribution in [0.5, 0.6) is 17.2 Å². The Morgan fingerprint density at radius 2 is 1.60 bits per heavy atom. The van der Waals surface area contributed by atoms with Gasteiger partial charge in [0, 0.05) is 6.04 Å². The lowest BCUT2D eigenvalue weighted by Crippen LogP contribution is -2.36. The molecule has 0 bridgehead atoms. The molecule has 0 saturated heterocycles. The molecule has 0 fully saturated rings. The number of aliphatic hydroxyl groups excluding tert-OH is 1. The highest BCUT2D eigenvalue weighted by Crippen LogP contribution is 2.39. The molecular formula is C15H25NO4. The van der Waals surface area contributed by atoms with Gasteiger partial charge in [0.1, 0.15) is 0 Å². The molecule has 5 nitrogen and oxygen atoms in total. The van der Waals surface area contributed by atoms with Crippen molar-refractivity contribution in [1.29, 1.82) is 0 Å². The second-order valence-electron chi connectivity index (χ2n) is 6.00. The molecule has 1 rings (SSSR count). The number of benzene rings is 1. The smallest absolute Gasteiger partial charge is 0.200 e. The number of hydrogen-bond acceptors (Lipinski definition) is 5. The van der Waals surface area contributed by atoms with Gasteiger partial charge in [0.25, 0.3) is 0 Å². The van der Waals surface area contributed by atoms with E-state index in [-0.39, 0.29) is 28.7 Å². The summed E-state index contributed by atoms with van der Waals surface area (Å²) in [6.45, 7) is 6.09. The molecule has 0 aliphatic rings. The molecule has 4 N–H and O–H groups in total. The lowest BCUT2D eigenvalue weighted by Gasteiger charge is -2.29. The highest BCUT2D eigenvalue weighted by atomic mass is 16.5. The molecule has 20 heavy (non-hydrogen) atoms. The summed E-state index contributed by atoms with van der Waals surface area (Å²) in [5, 5.41) is 20.2. The zero-order valence-electron chi connectivity index (χ0n) is 12.8. The molecule has 0 spiro atoms. The van der Waals surface area contributed by atoms with E-state index in [1.54, 1.807) is 12.1 Å². The first-order chi connectivity index (χ1) is 9.20. The second kappa shape index (κ2) is 6.33. The van der Waals surface area contributed by atoms with Crippen LogP contribution >= 0.6 is 0 Å². The molecular weight excluding hydrogens is 258 g/mol. The zero-order valence-corrected chi connectivity index (χ0v) is 12.8. The first-order valence-corrected chi connectivity index (χ1v) is 6.59. The maximum atomic E-state index is 10.3. The van der Waals surface area contributed by atoms with Gasteiger partial charge in [0.15, 0.2) is 11.5 Å². The van der Waals surface area contributed by atoms with Gasteiger partial charge in [-0.1, -0.05) is 20.8 Å². The number of nitrogens with two attached hydrogens (primary N) is 1. The number of ether oxygens (including phenoxy) is 2. The minimum Gasteiger partial charge on any atom is -0.502 e. The van der Waals surface area contributed by atoms with E-state index in [0.29, 0.717) is 12.0 Å². The van der Waals surface area contributed by atoms with Crippen LogP contribution < -0.4 is 15.2 Å². The number of rotatable bonds is 5. The van der Waals surface area contributed by atoms with Gasteiger partial charge in [-0.3, -0.25) is 0 Å². The number of aromatic hydroxyl groups is 1. The average molecular weight is 283 g/mol. The Bertz CT molecular complexity index is 429. The summed E-state index contributed by atoms with van der Waals surface area (Å²) in [5.41, 5.74) is 6.60. The largest absolute Gasteiger partial charge is 0.502 e. The Balaban J connectivity index is 3.01. The Hall–Kier alpha value is -1.46. The Morgan fingerprint density at radius 1 is 1.15 bits per heavy atom. The second-order valence-corrected chi connectivity index (χ2v) is 6.00. The maximum absolute atomic E-state index is 10.3. The third-order valence-corrected chi connectivity index (χ3v) is 3.48. The molecule has 2 atom stereocenters. The van der Waals surface area contributed by atoms with Crippen LogP contribution in [-0.2, 0) is 0 Å². The van der Waals surface area contributed by atoms with Crippen LogP contribution in [0, 0.1) is 5.41 Å². The van der Waals surface area contributed by atoms with Crippen molar-refractivity contribution in [3.63, 3.8) is 0 Å². The summed E-state index contributed by atoms with van der Waals surface area (Å²) in [4.78, 5) is 0. The molecule has 0 aliphatic carbocycles. The van der Waals surface area contributed by atoms with Crippen molar-refractivity contribution >= 4 is 0 Å². The summed E-state index contributed by atoms with van der Waals surface area (Å²) in [6, 6.07) is 3.04. The van der Waals surface area contributed by atoms with Crippen LogP contribution in [0.2, 0.25) is 0 Å². The predicted molar refractivity (Wildman–Crippen MR) is 78.2 cm³/mol. The van der Waals surface area contributed by atoms with Crippen molar-refractivity contribution in [2.75, 3.05) is 14.2 Å². The maximum Gasteiger partial charge on any atom is 0.200 e. The van der Waals surface area contributed by atoms with Crippen molar-refractivity contribution < 1.29 is 19.7 Å². The summed E-state index contributed by atoms with van der Waals surface area (Å²) in [7, 11) is 2.90. The summed E-state index contributed by atoms with van der Waals surface area (Å²) >= 11 is 0. The number of methoxy groups -OCH3 is 2. The van der Waals surface area contributed by atoms with Gasteiger partial charge in [-0.25, -0.2) is 0 Å². The van der Waals surface area contributed by atoms with E-state index < -0.39 is 6.10 Å². The topological polar surface area (TPSA) is 84.9 Å². The molecule has 1 aromatic carbocycles. The van der Waals surface area contributed by atoms with E-state index in [2.05, 4.69) is 0 Å². The van der Waals surface area contributed by atoms with Crippen LogP contribution in [-0.4, -0.2) is 30.5 Å². The number of phenols is 1. The van der Waals surface area contributed by atoms with Crippen molar-refractivity contribution in [1.82, 2.24) is 0 Å². The van der Waals surface area contributed by atoms with Gasteiger partial charge < -0.3 is 25.4 Å². The fourth-order valence-electron chi connectivity index (χ4n) is 1.84. The van der Waals surface area contributed by atoms with E-state index in [4.69, 9.17) is 15.2 Å². The molecule has 0 unspecified atom stereocenters. The minimum atomic E-state index is -0.743. The van der Waals surface area contributed by atoms with Crippen LogP contribution in [0.4, 0.5) is 0 Å². The third kappa shape index (κ3) is 3.77. The van der Waals surface area contributed by atoms with E-state index in [1.165, 1.54) is 14.2 Å². The van der Waals surface area contributed by atoms with Gasteiger partial charge in [-0.15, -0.1) is 0 Å². The van der Waals surface area contributed by atoms with Gasteiger partial charge in [-0.2, -0.15) is 0 Å². The van der Waals surface area contributed by atoms with Crippen LogP contribution in [0.25, 0.3) is 0 Å². The first-order valence-electron chi connectivity index (χ1n) is 6.59. The Kier molecular flexibility index (Phi) is 5.25. The van der Waals surface area contributed by atoms with Crippen molar-refractivity contribution in [3.05, 3.63) is 17.7 Å². The van der Waals surface area contributed by atoms with Crippen LogP contribution in [0.15, 0.2) is 12.1 Å². The van der Waals surface area contributed by atoms with Crippen LogP contribution in [0.1, 0.15) is 38.9 Å². The highest BCUT2D eigenvalue weighted by Gasteiger charge is 2.25. The van der Waals surface area contributed by atoms with Gasteiger partial charge in [0.05, 0.1) is 20.3 Å². The van der Waals surface area contributed by atoms with Crippen LogP contribution in [0.3, 0.4) is 0 Å². The quantitative estimate of drug-likeness (QED) is 0.771. The van der Waals surface area contributed by atoms with Gasteiger partial charge in [-0.05, 0) is 29.5 Å². The predicted octanol–water partition coefficient (Wildman–Crippen LogP) is 2.21. The molecule has 5 heteroatoms. The summed E-state index contributed by atoms with van der Waals surface area (Å²) < 4.78 is 10.2. The molecule has 1 aromatic rings. The fraction of sp³-hybridized carbons (Fsp3) is 0.600. The number of hydrogen-bond donors (Lipinski definition) is 3. The SMILES string of the molecule is COc1cc([C@@H](O)C[C@@H](N)C(C)(C)C)cc(OC)c1O. The van der Waals surface area contributed by atoms with Gasteiger partial charge >= 0.3 is 0 Å².